The van der Waals surface area contributed by atoms with E-state index < -0.39 is 23.3 Å². The Morgan fingerprint density at radius 1 is 0.926 bits per heavy atom. The lowest BCUT2D eigenvalue weighted by atomic mass is 10.1. The van der Waals surface area contributed by atoms with Crippen molar-refractivity contribution in [1.29, 1.82) is 0 Å². The summed E-state index contributed by atoms with van der Waals surface area (Å²) in [5, 5.41) is 1.10. The summed E-state index contributed by atoms with van der Waals surface area (Å²) in [6, 6.07) is 11.8. The van der Waals surface area contributed by atoms with Crippen LogP contribution in [0.15, 0.2) is 66.7 Å². The molecule has 3 aromatic carbocycles. The molecule has 0 atom stereocenters. The van der Waals surface area contributed by atoms with E-state index >= 15 is 0 Å². The molecule has 0 N–H and O–H groups in total. The van der Waals surface area contributed by atoms with Gasteiger partial charge >= 0.3 is 6.11 Å². The zero-order chi connectivity index (χ0) is 19.4. The van der Waals surface area contributed by atoms with Crippen LogP contribution in [0.3, 0.4) is 0 Å². The van der Waals surface area contributed by atoms with Gasteiger partial charge in [0, 0.05) is 0 Å². The average Bonchev–Trinajstić information content (AvgIpc) is 2.61. The Balaban J connectivity index is 1.82. The van der Waals surface area contributed by atoms with Gasteiger partial charge < -0.3 is 4.74 Å². The molecule has 0 aliphatic carbocycles. The molecule has 5 heteroatoms. The van der Waals surface area contributed by atoms with Crippen molar-refractivity contribution in [2.24, 2.45) is 0 Å². The van der Waals surface area contributed by atoms with Gasteiger partial charge in [-0.2, -0.15) is 8.78 Å². The Bertz CT molecular complexity index is 979. The Hall–Kier alpha value is -2.82. The maximum absolute atomic E-state index is 14.5. The lowest BCUT2D eigenvalue weighted by molar-refractivity contribution is -0.187. The van der Waals surface area contributed by atoms with Crippen LogP contribution in [-0.2, 0) is 12.5 Å². The van der Waals surface area contributed by atoms with Crippen LogP contribution in [-0.4, -0.2) is 0 Å². The van der Waals surface area contributed by atoms with Crippen molar-refractivity contribution in [3.8, 4) is 5.75 Å². The van der Waals surface area contributed by atoms with E-state index in [-0.39, 0.29) is 5.75 Å². The van der Waals surface area contributed by atoms with Gasteiger partial charge in [0.05, 0.1) is 5.56 Å². The Kier molecular flexibility index (Phi) is 5.49. The number of halogens is 4. The number of rotatable bonds is 6. The van der Waals surface area contributed by atoms with Crippen LogP contribution >= 0.6 is 0 Å². The fourth-order valence-corrected chi connectivity index (χ4v) is 2.83. The first kappa shape index (κ1) is 19.0. The van der Waals surface area contributed by atoms with Crippen LogP contribution in [0.1, 0.15) is 24.5 Å². The first-order valence-corrected chi connectivity index (χ1v) is 8.55. The van der Waals surface area contributed by atoms with Crippen LogP contribution in [0.2, 0.25) is 0 Å². The van der Waals surface area contributed by atoms with Crippen molar-refractivity contribution >= 4 is 10.8 Å². The van der Waals surface area contributed by atoms with Crippen molar-refractivity contribution < 1.29 is 22.3 Å². The van der Waals surface area contributed by atoms with Gasteiger partial charge in [0.15, 0.2) is 0 Å². The molecule has 0 radical (unpaired) electrons. The summed E-state index contributed by atoms with van der Waals surface area (Å²) >= 11 is 0. The molecule has 0 fully saturated rings. The second-order valence-corrected chi connectivity index (χ2v) is 6.19. The minimum absolute atomic E-state index is 0.129. The molecule has 0 spiro atoms. The maximum Gasteiger partial charge on any atom is 0.429 e. The standard InChI is InChI=1S/C22H18F4O/c1-2-3-4-5-15-6-11-20(21(24)12-15)22(25,26)27-19-10-8-16-13-18(23)9-7-17(16)14-19/h2-3,6-14H,4-5H2,1H3/b3-2+. The van der Waals surface area contributed by atoms with Gasteiger partial charge in [0.2, 0.25) is 0 Å². The fourth-order valence-electron chi connectivity index (χ4n) is 2.83. The highest BCUT2D eigenvalue weighted by Crippen LogP contribution is 2.34. The first-order chi connectivity index (χ1) is 12.9. The van der Waals surface area contributed by atoms with E-state index in [1.54, 1.807) is 0 Å². The fraction of sp³-hybridized carbons (Fsp3) is 0.182. The zero-order valence-electron chi connectivity index (χ0n) is 14.7. The SMILES string of the molecule is C/C=C/CCc1ccc(C(F)(F)Oc2ccc3cc(F)ccc3c2)c(F)c1. The van der Waals surface area contributed by atoms with Crippen LogP contribution in [0.5, 0.6) is 5.75 Å². The van der Waals surface area contributed by atoms with Gasteiger partial charge in [-0.15, -0.1) is 0 Å². The summed E-state index contributed by atoms with van der Waals surface area (Å²) in [7, 11) is 0. The molecule has 1 nitrogen and oxygen atoms in total. The average molecular weight is 374 g/mol. The molecule has 0 saturated carbocycles. The topological polar surface area (TPSA) is 9.23 Å². The predicted molar refractivity (Wildman–Crippen MR) is 98.0 cm³/mol. The Labute approximate surface area is 154 Å². The highest BCUT2D eigenvalue weighted by molar-refractivity contribution is 5.83. The molecule has 0 amide bonds. The van der Waals surface area contributed by atoms with Crippen LogP contribution in [0.4, 0.5) is 17.6 Å². The van der Waals surface area contributed by atoms with Crippen LogP contribution in [0, 0.1) is 11.6 Å². The number of hydrogen-bond donors (Lipinski definition) is 0. The quantitative estimate of drug-likeness (QED) is 0.342. The van der Waals surface area contributed by atoms with E-state index in [0.29, 0.717) is 29.2 Å². The monoisotopic (exact) mass is 374 g/mol. The van der Waals surface area contributed by atoms with Gasteiger partial charge in [0.1, 0.15) is 17.4 Å². The molecule has 140 valence electrons. The van der Waals surface area contributed by atoms with Gasteiger partial charge in [-0.1, -0.05) is 30.4 Å². The number of benzene rings is 3. The number of allylic oxidation sites excluding steroid dienone is 2. The van der Waals surface area contributed by atoms with Gasteiger partial charge in [-0.25, -0.2) is 8.78 Å². The third kappa shape index (κ3) is 4.48. The molecule has 0 heterocycles. The molecule has 27 heavy (non-hydrogen) atoms. The van der Waals surface area contributed by atoms with Gasteiger partial charge in [0.25, 0.3) is 0 Å². The second-order valence-electron chi connectivity index (χ2n) is 6.19. The normalized spacial score (nSPS) is 12.0. The molecule has 0 aliphatic rings. The highest BCUT2D eigenvalue weighted by Gasteiger charge is 2.37. The first-order valence-electron chi connectivity index (χ1n) is 8.55. The summed E-state index contributed by atoms with van der Waals surface area (Å²) in [5.74, 6) is -1.56. The largest absolute Gasteiger partial charge is 0.429 e. The lowest BCUT2D eigenvalue weighted by Crippen LogP contribution is -2.23. The number of alkyl halides is 2. The molecule has 3 rings (SSSR count). The Morgan fingerprint density at radius 2 is 1.67 bits per heavy atom. The van der Waals surface area contributed by atoms with E-state index in [2.05, 4.69) is 0 Å². The zero-order valence-corrected chi connectivity index (χ0v) is 14.7. The minimum Gasteiger partial charge on any atom is -0.429 e. The van der Waals surface area contributed by atoms with E-state index in [1.165, 1.54) is 42.5 Å². The van der Waals surface area contributed by atoms with Crippen molar-refractivity contribution in [3.05, 3.63) is 89.5 Å². The van der Waals surface area contributed by atoms with Crippen LogP contribution < -0.4 is 4.74 Å². The van der Waals surface area contributed by atoms with Crippen molar-refractivity contribution in [1.82, 2.24) is 0 Å². The van der Waals surface area contributed by atoms with Crippen molar-refractivity contribution in [3.63, 3.8) is 0 Å². The molecule has 0 unspecified atom stereocenters. The molecular formula is C22H18F4O. The summed E-state index contributed by atoms with van der Waals surface area (Å²) in [4.78, 5) is 0. The minimum atomic E-state index is -3.83. The molecular weight excluding hydrogens is 356 g/mol. The van der Waals surface area contributed by atoms with Crippen LogP contribution in [0.25, 0.3) is 10.8 Å². The molecule has 0 bridgehead atoms. The van der Waals surface area contributed by atoms with E-state index in [4.69, 9.17) is 4.74 Å². The molecule has 0 aromatic heterocycles. The number of hydrogen-bond acceptors (Lipinski definition) is 1. The number of aryl methyl sites for hydroxylation is 1. The van der Waals surface area contributed by atoms with Gasteiger partial charge in [-0.3, -0.25) is 0 Å². The highest BCUT2D eigenvalue weighted by atomic mass is 19.3. The van der Waals surface area contributed by atoms with E-state index in [1.807, 2.05) is 19.1 Å². The number of fused-ring (bicyclic) bond motifs is 1. The van der Waals surface area contributed by atoms with E-state index in [9.17, 15) is 17.6 Å². The smallest absolute Gasteiger partial charge is 0.429 e. The predicted octanol–water partition coefficient (Wildman–Crippen LogP) is 6.76. The molecule has 3 aromatic rings. The summed E-state index contributed by atoms with van der Waals surface area (Å²) < 4.78 is 61.2. The van der Waals surface area contributed by atoms with Crippen molar-refractivity contribution in [2.45, 2.75) is 25.9 Å². The second kappa shape index (κ2) is 7.82. The number of ether oxygens (including phenoxy) is 1. The summed E-state index contributed by atoms with van der Waals surface area (Å²) in [5.41, 5.74) is -0.186. The molecule has 0 saturated heterocycles. The Morgan fingerprint density at radius 3 is 2.41 bits per heavy atom. The lowest BCUT2D eigenvalue weighted by Gasteiger charge is -2.19. The summed E-state index contributed by atoms with van der Waals surface area (Å²) in [6.07, 6.45) is 1.24. The maximum atomic E-state index is 14.5. The van der Waals surface area contributed by atoms with Crippen molar-refractivity contribution in [2.75, 3.05) is 0 Å². The van der Waals surface area contributed by atoms with E-state index in [0.717, 1.165) is 12.1 Å². The third-order valence-corrected chi connectivity index (χ3v) is 4.20. The molecule has 0 aliphatic heterocycles. The summed E-state index contributed by atoms with van der Waals surface area (Å²) in [6.45, 7) is 1.88. The third-order valence-electron chi connectivity index (χ3n) is 4.20. The van der Waals surface area contributed by atoms with Gasteiger partial charge in [-0.05, 0) is 72.5 Å².